The molecular formula is C23H32N2O7S. The largest absolute Gasteiger partial charge is 0.480 e. The highest BCUT2D eigenvalue weighted by Crippen LogP contribution is 2.19. The minimum absolute atomic E-state index is 0.0208. The molecule has 0 aliphatic heterocycles. The zero-order valence-electron chi connectivity index (χ0n) is 19.3. The van der Waals surface area contributed by atoms with Crippen LogP contribution in [0, 0.1) is 5.92 Å². The topological polar surface area (TPSA) is 139 Å². The molecule has 0 heterocycles. The minimum Gasteiger partial charge on any atom is -0.480 e. The van der Waals surface area contributed by atoms with Gasteiger partial charge in [-0.2, -0.15) is 0 Å². The predicted molar refractivity (Wildman–Crippen MR) is 124 cm³/mol. The fraction of sp³-hybridized carbons (Fsp3) is 0.522. The van der Waals surface area contributed by atoms with Crippen molar-refractivity contribution < 1.29 is 33.8 Å². The summed E-state index contributed by atoms with van der Waals surface area (Å²) in [6.45, 7) is 5.04. The van der Waals surface area contributed by atoms with Gasteiger partial charge < -0.3 is 20.5 Å². The molecule has 9 nitrogen and oxygen atoms in total. The molecule has 3 atom stereocenters. The SMILES string of the molecule is COC(=O)CCC(SC(C)=O)C(=O)NC(CC(C)C)C(=O)N[C@@H](Cc1ccccc1)C(=O)O. The molecule has 33 heavy (non-hydrogen) atoms. The van der Waals surface area contributed by atoms with Gasteiger partial charge in [0.15, 0.2) is 5.12 Å². The van der Waals surface area contributed by atoms with Gasteiger partial charge in [0.25, 0.3) is 0 Å². The second-order valence-corrected chi connectivity index (χ2v) is 9.37. The molecule has 0 fully saturated rings. The van der Waals surface area contributed by atoms with Gasteiger partial charge >= 0.3 is 11.9 Å². The first-order valence-electron chi connectivity index (χ1n) is 10.6. The van der Waals surface area contributed by atoms with Gasteiger partial charge in [-0.3, -0.25) is 19.2 Å². The van der Waals surface area contributed by atoms with Crippen LogP contribution < -0.4 is 10.6 Å². The lowest BCUT2D eigenvalue weighted by molar-refractivity contribution is -0.142. The highest BCUT2D eigenvalue weighted by atomic mass is 32.2. The van der Waals surface area contributed by atoms with E-state index in [1.165, 1.54) is 14.0 Å². The van der Waals surface area contributed by atoms with Crippen LogP contribution in [-0.2, 0) is 35.1 Å². The van der Waals surface area contributed by atoms with E-state index in [-0.39, 0.29) is 36.7 Å². The summed E-state index contributed by atoms with van der Waals surface area (Å²) in [5.74, 6) is -2.88. The zero-order valence-corrected chi connectivity index (χ0v) is 20.1. The molecule has 0 aliphatic carbocycles. The molecule has 0 saturated heterocycles. The number of methoxy groups -OCH3 is 1. The van der Waals surface area contributed by atoms with Crippen LogP contribution in [0.25, 0.3) is 0 Å². The maximum absolute atomic E-state index is 12.9. The fourth-order valence-corrected chi connectivity index (χ4v) is 3.90. The molecule has 1 rings (SSSR count). The molecule has 0 aliphatic rings. The van der Waals surface area contributed by atoms with Crippen molar-refractivity contribution in [1.29, 1.82) is 0 Å². The average Bonchev–Trinajstić information content (AvgIpc) is 2.75. The number of thioether (sulfide) groups is 1. The number of carbonyl (C=O) groups excluding carboxylic acids is 4. The average molecular weight is 481 g/mol. The fourth-order valence-electron chi connectivity index (χ4n) is 3.08. The first-order valence-corrected chi connectivity index (χ1v) is 11.5. The van der Waals surface area contributed by atoms with E-state index < -0.39 is 41.1 Å². The molecule has 1 aromatic carbocycles. The summed E-state index contributed by atoms with van der Waals surface area (Å²) < 4.78 is 4.59. The Morgan fingerprint density at radius 2 is 1.61 bits per heavy atom. The van der Waals surface area contributed by atoms with Gasteiger partial charge in [-0.25, -0.2) is 4.79 Å². The van der Waals surface area contributed by atoms with Crippen LogP contribution in [0.1, 0.15) is 45.6 Å². The number of amides is 2. The van der Waals surface area contributed by atoms with Gasteiger partial charge in [0.2, 0.25) is 11.8 Å². The Hall–Kier alpha value is -2.88. The van der Waals surface area contributed by atoms with Crippen molar-refractivity contribution in [3.05, 3.63) is 35.9 Å². The van der Waals surface area contributed by atoms with Crippen molar-refractivity contribution in [2.45, 2.75) is 63.8 Å². The lowest BCUT2D eigenvalue weighted by Crippen LogP contribution is -2.54. The molecule has 2 amide bonds. The molecule has 10 heteroatoms. The third-order valence-corrected chi connectivity index (χ3v) is 5.74. The number of nitrogens with one attached hydrogen (secondary N) is 2. The van der Waals surface area contributed by atoms with Crippen molar-refractivity contribution >= 4 is 40.6 Å². The van der Waals surface area contributed by atoms with E-state index >= 15 is 0 Å². The van der Waals surface area contributed by atoms with E-state index in [2.05, 4.69) is 15.4 Å². The van der Waals surface area contributed by atoms with Crippen LogP contribution in [0.2, 0.25) is 0 Å². The standard InChI is InChI=1S/C23H32N2O7S/c1-14(2)12-17(24-22(29)19(33-15(3)26)10-11-20(27)32-4)21(28)25-18(23(30)31)13-16-8-6-5-7-9-16/h5-9,14,17-19H,10-13H2,1-4H3,(H,24,29)(H,25,28)(H,30,31)/t17?,18-,19?/m0/s1. The summed E-state index contributed by atoms with van der Waals surface area (Å²) in [7, 11) is 1.23. The van der Waals surface area contributed by atoms with Gasteiger partial charge in [-0.1, -0.05) is 55.9 Å². The molecule has 0 aromatic heterocycles. The molecule has 0 bridgehead atoms. The summed E-state index contributed by atoms with van der Waals surface area (Å²) in [5.41, 5.74) is 0.746. The second-order valence-electron chi connectivity index (χ2n) is 7.99. The molecule has 2 unspecified atom stereocenters. The number of aliphatic carboxylic acids is 1. The van der Waals surface area contributed by atoms with E-state index in [1.807, 2.05) is 19.9 Å². The number of rotatable bonds is 13. The smallest absolute Gasteiger partial charge is 0.326 e. The first-order chi connectivity index (χ1) is 15.5. The van der Waals surface area contributed by atoms with Crippen LogP contribution in [-0.4, -0.2) is 58.4 Å². The van der Waals surface area contributed by atoms with Gasteiger partial charge in [0.1, 0.15) is 12.1 Å². The van der Waals surface area contributed by atoms with E-state index in [0.29, 0.717) is 0 Å². The van der Waals surface area contributed by atoms with Crippen molar-refractivity contribution in [2.24, 2.45) is 5.92 Å². The number of carboxylic acids is 1. The number of hydrogen-bond acceptors (Lipinski definition) is 7. The van der Waals surface area contributed by atoms with Gasteiger partial charge in [0, 0.05) is 19.8 Å². The number of ether oxygens (including phenoxy) is 1. The number of esters is 1. The molecule has 0 spiro atoms. The Bertz CT molecular complexity index is 829. The third kappa shape index (κ3) is 11.0. The summed E-state index contributed by atoms with van der Waals surface area (Å²) in [6, 6.07) is 6.72. The van der Waals surface area contributed by atoms with Crippen LogP contribution in [0.3, 0.4) is 0 Å². The van der Waals surface area contributed by atoms with Crippen LogP contribution in [0.15, 0.2) is 30.3 Å². The van der Waals surface area contributed by atoms with E-state index in [0.717, 1.165) is 17.3 Å². The summed E-state index contributed by atoms with van der Waals surface area (Å²) >= 11 is 0.769. The molecule has 182 valence electrons. The van der Waals surface area contributed by atoms with Crippen molar-refractivity contribution in [2.75, 3.05) is 7.11 Å². The highest BCUT2D eigenvalue weighted by molar-refractivity contribution is 8.14. The van der Waals surface area contributed by atoms with Gasteiger partial charge in [0.05, 0.1) is 12.4 Å². The number of carboxylic acid groups (broad SMARTS) is 1. The van der Waals surface area contributed by atoms with E-state index in [1.54, 1.807) is 24.3 Å². The van der Waals surface area contributed by atoms with Crippen LogP contribution in [0.4, 0.5) is 0 Å². The monoisotopic (exact) mass is 480 g/mol. The summed E-state index contributed by atoms with van der Waals surface area (Å²) in [4.78, 5) is 60.6. The molecule has 3 N–H and O–H groups in total. The third-order valence-electron chi connectivity index (χ3n) is 4.68. The van der Waals surface area contributed by atoms with Crippen molar-refractivity contribution in [1.82, 2.24) is 10.6 Å². The quantitative estimate of drug-likeness (QED) is 0.364. The Morgan fingerprint density at radius 3 is 2.12 bits per heavy atom. The minimum atomic E-state index is -1.19. The second kappa shape index (κ2) is 14.3. The Labute approximate surface area is 198 Å². The number of hydrogen-bond donors (Lipinski definition) is 3. The Balaban J connectivity index is 2.94. The van der Waals surface area contributed by atoms with Crippen molar-refractivity contribution in [3.8, 4) is 0 Å². The Morgan fingerprint density at radius 1 is 1.00 bits per heavy atom. The van der Waals surface area contributed by atoms with Gasteiger partial charge in [-0.05, 0) is 24.3 Å². The van der Waals surface area contributed by atoms with Gasteiger partial charge in [-0.15, -0.1) is 0 Å². The maximum atomic E-state index is 12.9. The van der Waals surface area contributed by atoms with E-state index in [4.69, 9.17) is 0 Å². The van der Waals surface area contributed by atoms with Crippen molar-refractivity contribution in [3.63, 3.8) is 0 Å². The zero-order chi connectivity index (χ0) is 25.0. The lowest BCUT2D eigenvalue weighted by Gasteiger charge is -2.24. The number of benzene rings is 1. The van der Waals surface area contributed by atoms with Crippen LogP contribution in [0.5, 0.6) is 0 Å². The highest BCUT2D eigenvalue weighted by Gasteiger charge is 2.30. The Kier molecular flexibility index (Phi) is 12.2. The molecule has 0 saturated carbocycles. The number of carbonyl (C=O) groups is 5. The first kappa shape index (κ1) is 28.2. The molecular weight excluding hydrogens is 448 g/mol. The lowest BCUT2D eigenvalue weighted by atomic mass is 10.0. The molecule has 1 aromatic rings. The summed E-state index contributed by atoms with van der Waals surface area (Å²) in [5, 5.41) is 13.5. The predicted octanol–water partition coefficient (Wildman–Crippen LogP) is 1.93. The van der Waals surface area contributed by atoms with Crippen LogP contribution >= 0.6 is 11.8 Å². The molecule has 0 radical (unpaired) electrons. The van der Waals surface area contributed by atoms with E-state index in [9.17, 15) is 29.1 Å². The summed E-state index contributed by atoms with van der Waals surface area (Å²) in [6.07, 6.45) is 0.356. The normalized spacial score (nSPS) is 13.5. The maximum Gasteiger partial charge on any atom is 0.326 e.